The van der Waals surface area contributed by atoms with E-state index in [1.165, 1.54) is 37.9 Å². The van der Waals surface area contributed by atoms with Gasteiger partial charge >= 0.3 is 0 Å². The summed E-state index contributed by atoms with van der Waals surface area (Å²) in [5.74, 6) is 0.952. The van der Waals surface area contributed by atoms with Gasteiger partial charge in [0.05, 0.1) is 12.5 Å². The zero-order chi connectivity index (χ0) is 19.3. The van der Waals surface area contributed by atoms with Crippen molar-refractivity contribution in [3.63, 3.8) is 0 Å². The molecule has 0 aromatic heterocycles. The lowest BCUT2D eigenvalue weighted by atomic mass is 9.99. The third-order valence-corrected chi connectivity index (χ3v) is 5.94. The van der Waals surface area contributed by atoms with E-state index in [9.17, 15) is 4.79 Å². The summed E-state index contributed by atoms with van der Waals surface area (Å²) in [5.41, 5.74) is 3.51. The standard InChI is InChI=1S/C24H30N2O2/c1-19(21-8-4-2-5-9-21)24(27)26-14-15-28-23-11-10-20(16-22(23)18-26)17-25-12-6-3-7-13-25/h2,4-5,8-11,16,19H,3,6-7,12-15,17-18H2,1H3. The summed E-state index contributed by atoms with van der Waals surface area (Å²) in [6, 6.07) is 16.5. The molecule has 2 aliphatic rings. The molecule has 28 heavy (non-hydrogen) atoms. The summed E-state index contributed by atoms with van der Waals surface area (Å²) in [5, 5.41) is 0. The first kappa shape index (κ1) is 19.0. The van der Waals surface area contributed by atoms with Crippen LogP contribution in [0.15, 0.2) is 48.5 Å². The van der Waals surface area contributed by atoms with Crippen LogP contribution in [-0.2, 0) is 17.9 Å². The van der Waals surface area contributed by atoms with Gasteiger partial charge in [-0.25, -0.2) is 0 Å². The summed E-state index contributed by atoms with van der Waals surface area (Å²) in [6.07, 6.45) is 3.95. The number of carbonyl (C=O) groups excluding carboxylic acids is 1. The van der Waals surface area contributed by atoms with Crippen molar-refractivity contribution in [1.29, 1.82) is 0 Å². The predicted octanol–water partition coefficient (Wildman–Crippen LogP) is 4.20. The van der Waals surface area contributed by atoms with Crippen molar-refractivity contribution in [1.82, 2.24) is 9.80 Å². The van der Waals surface area contributed by atoms with Crippen LogP contribution in [0, 0.1) is 0 Å². The van der Waals surface area contributed by atoms with Crippen LogP contribution < -0.4 is 4.74 Å². The van der Waals surface area contributed by atoms with Crippen LogP contribution in [0.1, 0.15) is 48.8 Å². The lowest BCUT2D eigenvalue weighted by molar-refractivity contribution is -0.133. The van der Waals surface area contributed by atoms with Crippen molar-refractivity contribution in [2.75, 3.05) is 26.2 Å². The van der Waals surface area contributed by atoms with E-state index in [-0.39, 0.29) is 11.8 Å². The summed E-state index contributed by atoms with van der Waals surface area (Å²) < 4.78 is 5.95. The molecule has 2 aromatic rings. The maximum Gasteiger partial charge on any atom is 0.230 e. The number of likely N-dealkylation sites (tertiary alicyclic amines) is 1. The molecule has 0 bridgehead atoms. The van der Waals surface area contributed by atoms with Gasteiger partial charge < -0.3 is 9.64 Å². The molecule has 148 valence electrons. The molecular formula is C24H30N2O2. The van der Waals surface area contributed by atoms with Gasteiger partial charge in [0.25, 0.3) is 0 Å². The molecule has 0 aliphatic carbocycles. The Morgan fingerprint density at radius 3 is 2.61 bits per heavy atom. The minimum absolute atomic E-state index is 0.140. The van der Waals surface area contributed by atoms with Gasteiger partial charge in [-0.05, 0) is 56.1 Å². The number of hydrogen-bond donors (Lipinski definition) is 0. The largest absolute Gasteiger partial charge is 0.491 e. The van der Waals surface area contributed by atoms with Crippen molar-refractivity contribution >= 4 is 5.91 Å². The summed E-state index contributed by atoms with van der Waals surface area (Å²) >= 11 is 0. The summed E-state index contributed by atoms with van der Waals surface area (Å²) in [7, 11) is 0. The van der Waals surface area contributed by atoms with E-state index in [2.05, 4.69) is 23.1 Å². The second kappa shape index (κ2) is 8.78. The molecule has 1 amide bonds. The third-order valence-electron chi connectivity index (χ3n) is 5.94. The SMILES string of the molecule is CC(C(=O)N1CCOc2ccc(CN3CCCCC3)cc2C1)c1ccccc1. The van der Waals surface area contributed by atoms with E-state index < -0.39 is 0 Å². The number of rotatable bonds is 4. The molecule has 0 spiro atoms. The highest BCUT2D eigenvalue weighted by Crippen LogP contribution is 2.27. The van der Waals surface area contributed by atoms with E-state index in [0.29, 0.717) is 19.7 Å². The predicted molar refractivity (Wildman–Crippen MR) is 111 cm³/mol. The van der Waals surface area contributed by atoms with Crippen LogP contribution in [0.2, 0.25) is 0 Å². The van der Waals surface area contributed by atoms with E-state index in [4.69, 9.17) is 4.74 Å². The smallest absolute Gasteiger partial charge is 0.230 e. The van der Waals surface area contributed by atoms with E-state index in [1.54, 1.807) is 0 Å². The van der Waals surface area contributed by atoms with Gasteiger partial charge in [-0.1, -0.05) is 42.8 Å². The van der Waals surface area contributed by atoms with Crippen molar-refractivity contribution in [2.24, 2.45) is 0 Å². The second-order valence-electron chi connectivity index (χ2n) is 8.02. The first-order valence-electron chi connectivity index (χ1n) is 10.5. The van der Waals surface area contributed by atoms with Crippen LogP contribution in [0.3, 0.4) is 0 Å². The maximum absolute atomic E-state index is 13.1. The number of nitrogens with zero attached hydrogens (tertiary/aromatic N) is 2. The van der Waals surface area contributed by atoms with Gasteiger partial charge in [0.15, 0.2) is 0 Å². The fourth-order valence-electron chi connectivity index (χ4n) is 4.27. The fraction of sp³-hybridized carbons (Fsp3) is 0.458. The van der Waals surface area contributed by atoms with Crippen LogP contribution in [0.5, 0.6) is 5.75 Å². The second-order valence-corrected chi connectivity index (χ2v) is 8.02. The first-order valence-corrected chi connectivity index (χ1v) is 10.5. The molecule has 2 aromatic carbocycles. The molecular weight excluding hydrogens is 348 g/mol. The Morgan fingerprint density at radius 2 is 1.82 bits per heavy atom. The van der Waals surface area contributed by atoms with E-state index >= 15 is 0 Å². The zero-order valence-corrected chi connectivity index (χ0v) is 16.8. The summed E-state index contributed by atoms with van der Waals surface area (Å²) in [6.45, 7) is 7.16. The maximum atomic E-state index is 13.1. The Morgan fingerprint density at radius 1 is 1.04 bits per heavy atom. The van der Waals surface area contributed by atoms with Gasteiger partial charge in [0.2, 0.25) is 5.91 Å². The minimum Gasteiger partial charge on any atom is -0.491 e. The molecule has 2 heterocycles. The van der Waals surface area contributed by atoms with E-state index in [0.717, 1.165) is 23.4 Å². The number of benzene rings is 2. The lowest BCUT2D eigenvalue weighted by Gasteiger charge is -2.27. The number of fused-ring (bicyclic) bond motifs is 1. The topological polar surface area (TPSA) is 32.8 Å². The zero-order valence-electron chi connectivity index (χ0n) is 16.8. The minimum atomic E-state index is -0.140. The van der Waals surface area contributed by atoms with Crippen molar-refractivity contribution in [3.05, 3.63) is 65.2 Å². The molecule has 2 aliphatic heterocycles. The van der Waals surface area contributed by atoms with Gasteiger partial charge in [-0.2, -0.15) is 0 Å². The number of ether oxygens (including phenoxy) is 1. The molecule has 1 fully saturated rings. The third kappa shape index (κ3) is 4.39. The molecule has 1 atom stereocenters. The highest BCUT2D eigenvalue weighted by molar-refractivity contribution is 5.83. The number of carbonyl (C=O) groups is 1. The summed E-state index contributed by atoms with van der Waals surface area (Å²) in [4.78, 5) is 17.6. The van der Waals surface area contributed by atoms with Crippen LogP contribution in [0.25, 0.3) is 0 Å². The van der Waals surface area contributed by atoms with Crippen LogP contribution in [-0.4, -0.2) is 41.9 Å². The lowest BCUT2D eigenvalue weighted by Crippen LogP contribution is -2.35. The number of hydrogen-bond acceptors (Lipinski definition) is 3. The van der Waals surface area contributed by atoms with Crippen molar-refractivity contribution < 1.29 is 9.53 Å². The average molecular weight is 379 g/mol. The van der Waals surface area contributed by atoms with Gasteiger partial charge in [0, 0.05) is 18.7 Å². The van der Waals surface area contributed by atoms with Crippen LogP contribution in [0.4, 0.5) is 0 Å². The highest BCUT2D eigenvalue weighted by atomic mass is 16.5. The monoisotopic (exact) mass is 378 g/mol. The molecule has 1 saturated heterocycles. The fourth-order valence-corrected chi connectivity index (χ4v) is 4.27. The highest BCUT2D eigenvalue weighted by Gasteiger charge is 2.25. The van der Waals surface area contributed by atoms with Gasteiger partial charge in [-0.3, -0.25) is 9.69 Å². The molecule has 0 N–H and O–H groups in total. The number of piperidine rings is 1. The normalized spacial score (nSPS) is 18.7. The van der Waals surface area contributed by atoms with E-state index in [1.807, 2.05) is 42.2 Å². The van der Waals surface area contributed by atoms with Crippen LogP contribution >= 0.6 is 0 Å². The first-order chi connectivity index (χ1) is 13.7. The Balaban J connectivity index is 1.48. The molecule has 4 heteroatoms. The molecule has 0 radical (unpaired) electrons. The van der Waals surface area contributed by atoms with Crippen molar-refractivity contribution in [2.45, 2.75) is 45.2 Å². The molecule has 4 nitrogen and oxygen atoms in total. The van der Waals surface area contributed by atoms with Gasteiger partial charge in [-0.15, -0.1) is 0 Å². The molecule has 4 rings (SSSR count). The molecule has 0 saturated carbocycles. The Kier molecular flexibility index (Phi) is 5.96. The average Bonchev–Trinajstić information content (AvgIpc) is 2.96. The van der Waals surface area contributed by atoms with Crippen molar-refractivity contribution in [3.8, 4) is 5.75 Å². The number of amides is 1. The Bertz CT molecular complexity index is 800. The quantitative estimate of drug-likeness (QED) is 0.799. The Hall–Kier alpha value is -2.33. The Labute approximate surface area is 168 Å². The van der Waals surface area contributed by atoms with Gasteiger partial charge in [0.1, 0.15) is 12.4 Å². The molecule has 1 unspecified atom stereocenters.